The fraction of sp³-hybridized carbons (Fsp3) is 0.356. The summed E-state index contributed by atoms with van der Waals surface area (Å²) in [7, 11) is 2.20. The van der Waals surface area contributed by atoms with Crippen LogP contribution in [0.3, 0.4) is 0 Å². The van der Waals surface area contributed by atoms with Gasteiger partial charge in [-0.25, -0.2) is 0 Å². The number of benzene rings is 4. The van der Waals surface area contributed by atoms with Gasteiger partial charge in [-0.1, -0.05) is 98.6 Å². The first-order valence-corrected chi connectivity index (χ1v) is 18.7. The summed E-state index contributed by atoms with van der Waals surface area (Å²) < 4.78 is 2.37. The van der Waals surface area contributed by atoms with E-state index in [0.717, 1.165) is 37.4 Å². The van der Waals surface area contributed by atoms with E-state index in [4.69, 9.17) is 11.6 Å². The SMILES string of the molecule is C[N+]1=C(/C=C/C2=C(Cl)C(=C/C=C3/N(CCCCCC[NH3+])c4ccc5ccccc5c4C3(C)C)/CCC2)C(C)(C)c2c1ccc1ccccc21. The predicted molar refractivity (Wildman–Crippen MR) is 210 cm³/mol. The molecule has 3 N–H and O–H groups in total. The zero-order valence-electron chi connectivity index (χ0n) is 30.1. The van der Waals surface area contributed by atoms with E-state index in [1.165, 1.54) is 92.3 Å². The Morgan fingerprint density at radius 1 is 0.755 bits per heavy atom. The number of fused-ring (bicyclic) bond motifs is 6. The van der Waals surface area contributed by atoms with Gasteiger partial charge in [0.2, 0.25) is 5.69 Å². The van der Waals surface area contributed by atoms with Crippen LogP contribution in [0.25, 0.3) is 21.5 Å². The molecule has 0 fully saturated rings. The van der Waals surface area contributed by atoms with E-state index in [0.29, 0.717) is 0 Å². The van der Waals surface area contributed by atoms with Crippen LogP contribution in [0.2, 0.25) is 0 Å². The highest BCUT2D eigenvalue weighted by Gasteiger charge is 2.44. The van der Waals surface area contributed by atoms with Crippen LogP contribution < -0.4 is 10.6 Å². The topological polar surface area (TPSA) is 33.9 Å². The van der Waals surface area contributed by atoms with Gasteiger partial charge in [-0.2, -0.15) is 4.58 Å². The molecule has 2 heterocycles. The minimum atomic E-state index is -0.122. The lowest BCUT2D eigenvalue weighted by Crippen LogP contribution is -2.50. The van der Waals surface area contributed by atoms with Crippen LogP contribution >= 0.6 is 11.6 Å². The number of hydrogen-bond acceptors (Lipinski definition) is 1. The van der Waals surface area contributed by atoms with E-state index < -0.39 is 0 Å². The Morgan fingerprint density at radius 2 is 1.43 bits per heavy atom. The number of hydrogen-bond donors (Lipinski definition) is 1. The summed E-state index contributed by atoms with van der Waals surface area (Å²) in [5, 5.41) is 6.22. The lowest BCUT2D eigenvalue weighted by atomic mass is 9.79. The monoisotopic (exact) mass is 669 g/mol. The number of allylic oxidation sites excluding steroid dienone is 8. The molecular weight excluding hydrogens is 618 g/mol. The lowest BCUT2D eigenvalue weighted by Gasteiger charge is -2.27. The summed E-state index contributed by atoms with van der Waals surface area (Å²) in [6, 6.07) is 26.8. The Labute approximate surface area is 298 Å². The molecule has 0 radical (unpaired) electrons. The second kappa shape index (κ2) is 13.4. The van der Waals surface area contributed by atoms with Crippen LogP contribution in [0.5, 0.6) is 0 Å². The average Bonchev–Trinajstić information content (AvgIpc) is 3.44. The molecule has 3 nitrogen and oxygen atoms in total. The van der Waals surface area contributed by atoms with Crippen molar-refractivity contribution in [3.63, 3.8) is 0 Å². The molecule has 4 aromatic carbocycles. The van der Waals surface area contributed by atoms with Gasteiger partial charge in [-0.3, -0.25) is 0 Å². The van der Waals surface area contributed by atoms with Gasteiger partial charge in [0.25, 0.3) is 0 Å². The van der Waals surface area contributed by atoms with Crippen molar-refractivity contribution in [1.29, 1.82) is 0 Å². The van der Waals surface area contributed by atoms with Crippen LogP contribution in [0.1, 0.15) is 83.8 Å². The molecule has 4 aromatic rings. The maximum absolute atomic E-state index is 7.29. The van der Waals surface area contributed by atoms with Gasteiger partial charge in [0.15, 0.2) is 5.71 Å². The third-order valence-electron chi connectivity index (χ3n) is 11.4. The molecule has 0 aromatic heterocycles. The number of halogens is 1. The van der Waals surface area contributed by atoms with Gasteiger partial charge in [-0.05, 0) is 109 Å². The Kier molecular flexibility index (Phi) is 9.19. The summed E-state index contributed by atoms with van der Waals surface area (Å²) >= 11 is 7.29. The van der Waals surface area contributed by atoms with Crippen molar-refractivity contribution in [2.45, 2.75) is 83.5 Å². The highest BCUT2D eigenvalue weighted by atomic mass is 35.5. The fourth-order valence-corrected chi connectivity index (χ4v) is 9.15. The molecule has 7 rings (SSSR count). The van der Waals surface area contributed by atoms with E-state index in [1.54, 1.807) is 0 Å². The summed E-state index contributed by atoms with van der Waals surface area (Å²) in [6.45, 7) is 11.6. The Hall–Kier alpha value is -3.92. The fourth-order valence-electron chi connectivity index (χ4n) is 8.84. The van der Waals surface area contributed by atoms with Gasteiger partial charge in [0.05, 0.1) is 12.0 Å². The molecule has 1 aliphatic carbocycles. The van der Waals surface area contributed by atoms with Crippen molar-refractivity contribution in [1.82, 2.24) is 0 Å². The molecule has 0 amide bonds. The normalized spacial score (nSPS) is 20.1. The average molecular weight is 670 g/mol. The van der Waals surface area contributed by atoms with Gasteiger partial charge in [0, 0.05) is 46.1 Å². The van der Waals surface area contributed by atoms with Gasteiger partial charge in [0.1, 0.15) is 7.05 Å². The van der Waals surface area contributed by atoms with Crippen LogP contribution in [0.4, 0.5) is 11.4 Å². The predicted octanol–water partition coefficient (Wildman–Crippen LogP) is 10.6. The number of unbranched alkanes of at least 4 members (excludes halogenated alkanes) is 3. The van der Waals surface area contributed by atoms with Crippen molar-refractivity contribution < 1.29 is 10.3 Å². The molecule has 3 aliphatic rings. The third-order valence-corrected chi connectivity index (χ3v) is 11.9. The second-order valence-electron chi connectivity index (χ2n) is 15.2. The van der Waals surface area contributed by atoms with Crippen molar-refractivity contribution in [3.05, 3.63) is 130 Å². The van der Waals surface area contributed by atoms with Crippen molar-refractivity contribution in [3.8, 4) is 0 Å². The van der Waals surface area contributed by atoms with Gasteiger partial charge in [-0.15, -0.1) is 0 Å². The van der Waals surface area contributed by atoms with E-state index in [2.05, 4.69) is 147 Å². The van der Waals surface area contributed by atoms with Gasteiger partial charge < -0.3 is 10.6 Å². The Morgan fingerprint density at radius 3 is 2.16 bits per heavy atom. The first kappa shape index (κ1) is 33.6. The zero-order valence-corrected chi connectivity index (χ0v) is 30.8. The van der Waals surface area contributed by atoms with E-state index in [1.807, 2.05) is 0 Å². The molecule has 0 bridgehead atoms. The number of rotatable bonds is 9. The minimum Gasteiger partial charge on any atom is -0.358 e. The smallest absolute Gasteiger partial charge is 0.210 e. The quantitative estimate of drug-likeness (QED) is 0.140. The first-order chi connectivity index (χ1) is 23.6. The summed E-state index contributed by atoms with van der Waals surface area (Å²) in [5.74, 6) is 0. The second-order valence-corrected chi connectivity index (χ2v) is 15.6. The highest BCUT2D eigenvalue weighted by molar-refractivity contribution is 6.32. The molecule has 49 heavy (non-hydrogen) atoms. The number of nitrogens with zero attached hydrogens (tertiary/aromatic N) is 2. The van der Waals surface area contributed by atoms with E-state index >= 15 is 0 Å². The van der Waals surface area contributed by atoms with Crippen molar-refractivity contribution in [2.24, 2.45) is 0 Å². The Balaban J connectivity index is 1.22. The summed E-state index contributed by atoms with van der Waals surface area (Å²) in [6.07, 6.45) is 17.3. The molecular formula is C45H52ClN3+2. The van der Waals surface area contributed by atoms with Gasteiger partial charge >= 0.3 is 0 Å². The van der Waals surface area contributed by atoms with Crippen LogP contribution in [-0.4, -0.2) is 30.4 Å². The van der Waals surface area contributed by atoms with Crippen molar-refractivity contribution >= 4 is 50.2 Å². The maximum Gasteiger partial charge on any atom is 0.210 e. The molecule has 0 atom stereocenters. The van der Waals surface area contributed by atoms with Crippen LogP contribution in [0, 0.1) is 0 Å². The van der Waals surface area contributed by atoms with Crippen molar-refractivity contribution in [2.75, 3.05) is 25.0 Å². The lowest BCUT2D eigenvalue weighted by molar-refractivity contribution is -0.401. The molecule has 0 saturated carbocycles. The minimum absolute atomic E-state index is 0.115. The largest absolute Gasteiger partial charge is 0.358 e. The zero-order chi connectivity index (χ0) is 34.3. The third kappa shape index (κ3) is 5.89. The van der Waals surface area contributed by atoms with E-state index in [-0.39, 0.29) is 10.8 Å². The summed E-state index contributed by atoms with van der Waals surface area (Å²) in [5.41, 5.74) is 14.4. The standard InChI is InChI=1S/C45H51ClN3/c1-44(2)39(48(5)37-25-21-31-15-8-10-19-35(31)41(37)44)27-23-33-17-14-18-34(43(33)46)24-28-40-45(3,4)42-36-20-11-9-16-32(36)22-26-38(42)49(40)30-13-7-6-12-29-47/h8-11,15-16,19-28H,6-7,12-14,17-18,29-30,47H2,1-5H3/q+1/p+1. The van der Waals surface area contributed by atoms with Crippen LogP contribution in [0.15, 0.2) is 119 Å². The Bertz CT molecular complexity index is 2090. The molecule has 0 spiro atoms. The molecule has 0 saturated heterocycles. The summed E-state index contributed by atoms with van der Waals surface area (Å²) in [4.78, 5) is 2.60. The first-order valence-electron chi connectivity index (χ1n) is 18.4. The molecule has 4 heteroatoms. The highest BCUT2D eigenvalue weighted by Crippen LogP contribution is 2.51. The number of quaternary nitrogens is 1. The molecule has 0 unspecified atom stereocenters. The molecule has 2 aliphatic heterocycles. The van der Waals surface area contributed by atoms with Crippen LogP contribution in [-0.2, 0) is 10.8 Å². The molecule has 252 valence electrons. The number of anilines is 1. The van der Waals surface area contributed by atoms with E-state index in [9.17, 15) is 0 Å². The maximum atomic E-state index is 7.29.